The average Bonchev–Trinajstić information content (AvgIpc) is 3.35. The first-order valence-electron chi connectivity index (χ1n) is 11.0. The third kappa shape index (κ3) is 3.22. The van der Waals surface area contributed by atoms with Crippen LogP contribution in [-0.4, -0.2) is 50.3 Å². The summed E-state index contributed by atoms with van der Waals surface area (Å²) >= 11 is 0. The van der Waals surface area contributed by atoms with Crippen LogP contribution in [0.3, 0.4) is 0 Å². The number of carboxylic acids is 1. The van der Waals surface area contributed by atoms with Crippen molar-refractivity contribution in [1.29, 1.82) is 0 Å². The summed E-state index contributed by atoms with van der Waals surface area (Å²) < 4.78 is 37.2. The van der Waals surface area contributed by atoms with Crippen LogP contribution in [0, 0.1) is 11.6 Å². The van der Waals surface area contributed by atoms with Crippen LogP contribution in [0.15, 0.2) is 36.5 Å². The molecule has 5 rings (SSSR count). The number of rotatable bonds is 6. The van der Waals surface area contributed by atoms with Gasteiger partial charge in [0.2, 0.25) is 0 Å². The molecule has 0 aliphatic heterocycles. The highest BCUT2D eigenvalue weighted by atomic mass is 19.1. The van der Waals surface area contributed by atoms with Gasteiger partial charge >= 0.3 is 5.97 Å². The molecule has 0 amide bonds. The maximum Gasteiger partial charge on any atom is 0.335 e. The topological polar surface area (TPSA) is 100 Å². The van der Waals surface area contributed by atoms with E-state index >= 15 is 4.39 Å². The van der Waals surface area contributed by atoms with E-state index in [2.05, 4.69) is 10.2 Å². The van der Waals surface area contributed by atoms with E-state index in [1.54, 1.807) is 19.2 Å². The van der Waals surface area contributed by atoms with Gasteiger partial charge in [0.05, 0.1) is 18.3 Å². The van der Waals surface area contributed by atoms with Crippen LogP contribution in [0.1, 0.15) is 43.9 Å². The number of hydrogen-bond donors (Lipinski definition) is 3. The summed E-state index contributed by atoms with van der Waals surface area (Å²) in [6, 6.07) is 7.74. The molecule has 178 valence electrons. The molecule has 7 nitrogen and oxygen atoms in total. The average molecular weight is 469 g/mol. The number of halogens is 2. The second-order valence-corrected chi connectivity index (χ2v) is 9.75. The van der Waals surface area contributed by atoms with Gasteiger partial charge in [-0.2, -0.15) is 5.10 Å². The number of fused-ring (bicyclic) bond motifs is 2. The number of nitrogens with zero attached hydrogens (tertiary/aromatic N) is 2. The van der Waals surface area contributed by atoms with Gasteiger partial charge in [0.25, 0.3) is 0 Å². The third-order valence-electron chi connectivity index (χ3n) is 6.85. The van der Waals surface area contributed by atoms with E-state index in [1.165, 1.54) is 18.3 Å². The third-order valence-corrected chi connectivity index (χ3v) is 6.85. The van der Waals surface area contributed by atoms with Crippen LogP contribution in [0.2, 0.25) is 0 Å². The molecule has 0 atom stereocenters. The highest BCUT2D eigenvalue weighted by Crippen LogP contribution is 2.52. The van der Waals surface area contributed by atoms with Crippen molar-refractivity contribution < 1.29 is 28.5 Å². The quantitative estimate of drug-likeness (QED) is 0.389. The monoisotopic (exact) mass is 469 g/mol. The van der Waals surface area contributed by atoms with Crippen molar-refractivity contribution in [2.45, 2.75) is 43.6 Å². The largest absolute Gasteiger partial charge is 0.479 e. The molecule has 1 saturated carbocycles. The number of carboxylic acid groups (broad SMARTS) is 1. The number of hydrogen-bond acceptors (Lipinski definition) is 4. The zero-order valence-electron chi connectivity index (χ0n) is 19.0. The molecule has 0 bridgehead atoms. The number of H-pyrrole nitrogens is 1. The lowest BCUT2D eigenvalue weighted by atomic mass is 9.66. The van der Waals surface area contributed by atoms with Gasteiger partial charge in [-0.3, -0.25) is 5.10 Å². The maximum atomic E-state index is 16.0. The van der Waals surface area contributed by atoms with Crippen LogP contribution >= 0.6 is 0 Å². The predicted molar refractivity (Wildman–Crippen MR) is 122 cm³/mol. The molecule has 1 aliphatic carbocycles. The second kappa shape index (κ2) is 7.61. The SMILES string of the molecule is COCC(C)(C)c1c([C@H]2C[C@](O)(C(=O)O)C2)c2c(F)c3[nH]ncc3cc2n1-c1ccc(F)cc1. The van der Waals surface area contributed by atoms with Gasteiger partial charge in [0, 0.05) is 34.7 Å². The maximum absolute atomic E-state index is 16.0. The number of carbonyl (C=O) groups is 1. The van der Waals surface area contributed by atoms with Gasteiger partial charge in [-0.25, -0.2) is 13.6 Å². The summed E-state index contributed by atoms with van der Waals surface area (Å²) in [5, 5.41) is 27.5. The highest BCUT2D eigenvalue weighted by molar-refractivity contribution is 6.00. The number of methoxy groups -OCH3 is 1. The molecule has 0 unspecified atom stereocenters. The Morgan fingerprint density at radius 3 is 2.59 bits per heavy atom. The van der Waals surface area contributed by atoms with E-state index < -0.39 is 34.5 Å². The molecule has 1 fully saturated rings. The Morgan fingerprint density at radius 2 is 1.97 bits per heavy atom. The van der Waals surface area contributed by atoms with Gasteiger partial charge in [-0.1, -0.05) is 13.8 Å². The first-order valence-corrected chi connectivity index (χ1v) is 11.0. The van der Waals surface area contributed by atoms with Gasteiger partial charge in [-0.15, -0.1) is 0 Å². The van der Waals surface area contributed by atoms with E-state index in [0.29, 0.717) is 34.1 Å². The first-order chi connectivity index (χ1) is 16.1. The van der Waals surface area contributed by atoms with Crippen LogP contribution in [0.4, 0.5) is 8.78 Å². The van der Waals surface area contributed by atoms with E-state index in [1.807, 2.05) is 24.5 Å². The van der Waals surface area contributed by atoms with Crippen molar-refractivity contribution in [3.63, 3.8) is 0 Å². The Hall–Kier alpha value is -3.30. The fraction of sp³-hybridized carbons (Fsp3) is 0.360. The smallest absolute Gasteiger partial charge is 0.335 e. The molecule has 2 aromatic heterocycles. The fourth-order valence-electron chi connectivity index (χ4n) is 5.32. The molecule has 4 aromatic rings. The summed E-state index contributed by atoms with van der Waals surface area (Å²) in [6.07, 6.45) is 1.45. The van der Waals surface area contributed by atoms with Crippen LogP contribution in [-0.2, 0) is 14.9 Å². The zero-order valence-corrected chi connectivity index (χ0v) is 19.0. The van der Waals surface area contributed by atoms with Crippen LogP contribution in [0.5, 0.6) is 0 Å². The van der Waals surface area contributed by atoms with Gasteiger partial charge in [0.15, 0.2) is 11.4 Å². The molecule has 1 aliphatic rings. The number of benzene rings is 2. The van der Waals surface area contributed by atoms with Gasteiger partial charge in [-0.05, 0) is 54.7 Å². The van der Waals surface area contributed by atoms with E-state index in [-0.39, 0.29) is 18.4 Å². The Bertz CT molecular complexity index is 1420. The minimum Gasteiger partial charge on any atom is -0.479 e. The van der Waals surface area contributed by atoms with E-state index in [4.69, 9.17) is 4.74 Å². The van der Waals surface area contributed by atoms with Gasteiger partial charge in [0.1, 0.15) is 11.3 Å². The minimum absolute atomic E-state index is 0.0403. The summed E-state index contributed by atoms with van der Waals surface area (Å²) in [5.41, 5.74) is 0.298. The minimum atomic E-state index is -1.85. The van der Waals surface area contributed by atoms with Crippen molar-refractivity contribution in [1.82, 2.24) is 14.8 Å². The number of nitrogens with one attached hydrogen (secondary N) is 1. The summed E-state index contributed by atoms with van der Waals surface area (Å²) in [7, 11) is 1.58. The number of aromatic amines is 1. The number of aliphatic hydroxyl groups is 1. The number of ether oxygens (including phenoxy) is 1. The number of aromatic nitrogens is 3. The van der Waals surface area contributed by atoms with Crippen molar-refractivity contribution in [3.05, 3.63) is 59.4 Å². The molecule has 3 N–H and O–H groups in total. The first kappa shape index (κ1) is 22.5. The Morgan fingerprint density at radius 1 is 1.29 bits per heavy atom. The lowest BCUT2D eigenvalue weighted by Crippen LogP contribution is -2.49. The Kier molecular flexibility index (Phi) is 5.03. The van der Waals surface area contributed by atoms with Crippen molar-refractivity contribution >= 4 is 27.8 Å². The zero-order chi connectivity index (χ0) is 24.4. The molecule has 9 heteroatoms. The molecular weight excluding hydrogens is 444 g/mol. The summed E-state index contributed by atoms with van der Waals surface area (Å²) in [5.74, 6) is -2.58. The highest BCUT2D eigenvalue weighted by Gasteiger charge is 2.52. The number of aliphatic carboxylic acids is 1. The van der Waals surface area contributed by atoms with Gasteiger partial charge < -0.3 is 19.5 Å². The van der Waals surface area contributed by atoms with Crippen molar-refractivity contribution in [2.75, 3.05) is 13.7 Å². The molecule has 0 saturated heterocycles. The standard InChI is InChI=1S/C25H25F2N3O4/c1-24(2,12-34-3)22-18(14-9-25(33,10-14)23(31)32)19-17(8-13-11-28-29-21(13)20(19)27)30(22)16-6-4-15(26)5-7-16/h4-8,11,14,33H,9-10,12H2,1-3H3,(H,28,29)(H,31,32)/t14-,25+. The molecule has 0 spiro atoms. The Balaban J connectivity index is 1.89. The van der Waals surface area contributed by atoms with Crippen molar-refractivity contribution in [2.24, 2.45) is 0 Å². The Labute approximate surface area is 194 Å². The lowest BCUT2D eigenvalue weighted by Gasteiger charge is -2.42. The fourth-order valence-corrected chi connectivity index (χ4v) is 5.32. The normalized spacial score (nSPS) is 20.7. The molecule has 2 aromatic carbocycles. The lowest BCUT2D eigenvalue weighted by molar-refractivity contribution is -0.169. The van der Waals surface area contributed by atoms with Crippen LogP contribution in [0.25, 0.3) is 27.5 Å². The van der Waals surface area contributed by atoms with Crippen LogP contribution < -0.4 is 0 Å². The van der Waals surface area contributed by atoms with E-state index in [9.17, 15) is 19.4 Å². The predicted octanol–water partition coefficient (Wildman–Crippen LogP) is 4.40. The molecular formula is C25H25F2N3O4. The molecule has 2 heterocycles. The second-order valence-electron chi connectivity index (χ2n) is 9.75. The van der Waals surface area contributed by atoms with E-state index in [0.717, 1.165) is 5.69 Å². The van der Waals surface area contributed by atoms with Crippen molar-refractivity contribution in [3.8, 4) is 5.69 Å². The molecule has 0 radical (unpaired) electrons. The summed E-state index contributed by atoms with van der Waals surface area (Å²) in [6.45, 7) is 4.22. The molecule has 34 heavy (non-hydrogen) atoms. The summed E-state index contributed by atoms with van der Waals surface area (Å²) in [4.78, 5) is 11.6.